The monoisotopic (exact) mass is 629 g/mol. The molecule has 3 atom stereocenters. The van der Waals surface area contributed by atoms with Gasteiger partial charge in [-0.3, -0.25) is 19.1 Å². The molecule has 9 heteroatoms. The number of amides is 3. The molecule has 1 aliphatic heterocycles. The van der Waals surface area contributed by atoms with Gasteiger partial charge in [0.05, 0.1) is 18.6 Å². The first-order chi connectivity index (χ1) is 21.9. The van der Waals surface area contributed by atoms with Crippen molar-refractivity contribution in [3.63, 3.8) is 0 Å². The summed E-state index contributed by atoms with van der Waals surface area (Å²) in [5, 5.41) is 13.8. The van der Waals surface area contributed by atoms with E-state index < -0.39 is 11.5 Å². The Kier molecular flexibility index (Phi) is 7.85. The van der Waals surface area contributed by atoms with Crippen LogP contribution in [0.1, 0.15) is 101 Å². The molecule has 1 aromatic carbocycles. The zero-order valence-corrected chi connectivity index (χ0v) is 28.0. The van der Waals surface area contributed by atoms with Gasteiger partial charge in [0.15, 0.2) is 0 Å². The third-order valence-electron chi connectivity index (χ3n) is 12.9. The van der Waals surface area contributed by atoms with Crippen molar-refractivity contribution in [3.05, 3.63) is 47.8 Å². The number of carbonyl (C=O) groups is 3. The number of ether oxygens (including phenoxy) is 1. The Morgan fingerprint density at radius 2 is 1.72 bits per heavy atom. The zero-order chi connectivity index (χ0) is 32.3. The first kappa shape index (κ1) is 31.4. The molecule has 5 aliphatic rings. The van der Waals surface area contributed by atoms with Crippen LogP contribution < -0.4 is 16.0 Å². The highest BCUT2D eigenvalue weighted by Crippen LogP contribution is 2.59. The quantitative estimate of drug-likeness (QED) is 0.292. The van der Waals surface area contributed by atoms with E-state index in [0.29, 0.717) is 23.8 Å². The van der Waals surface area contributed by atoms with Crippen molar-refractivity contribution >= 4 is 23.4 Å². The van der Waals surface area contributed by atoms with Crippen LogP contribution >= 0.6 is 0 Å². The minimum Gasteiger partial charge on any atom is -0.380 e. The Hall–Kier alpha value is -3.20. The number of rotatable bonds is 12. The summed E-state index contributed by atoms with van der Waals surface area (Å²) in [5.74, 6) is 0.358. The highest BCUT2D eigenvalue weighted by Gasteiger charge is 2.58. The van der Waals surface area contributed by atoms with Crippen LogP contribution in [0.25, 0.3) is 0 Å². The van der Waals surface area contributed by atoms with Crippen molar-refractivity contribution in [2.45, 2.75) is 96.4 Å². The molecular formula is C37H51N5O4. The standard InChI is InChI=1S/C37H51N5O4/c1-34(14-6-15-34)21-38-33(45)36(3,26-19-37(20-26)22-46-23-37)25-9-11-27(12-10-25)40-32(44)30(41-31(43)28-13-18-39-42(28)4)29(24-7-5-8-24)35(2)16-17-35/h9-13,18,24,26,29-30H,5-8,14-17,19-23H2,1-4H3,(H,38,45)(H,40,44)(H,41,43)/t29?,30-,36?/m0/s1. The topological polar surface area (TPSA) is 114 Å². The molecule has 2 unspecified atom stereocenters. The van der Waals surface area contributed by atoms with Crippen molar-refractivity contribution in [2.24, 2.45) is 41.0 Å². The first-order valence-corrected chi connectivity index (χ1v) is 17.5. The fourth-order valence-electron chi connectivity index (χ4n) is 8.83. The van der Waals surface area contributed by atoms with E-state index in [4.69, 9.17) is 4.74 Å². The molecule has 248 valence electrons. The van der Waals surface area contributed by atoms with Crippen LogP contribution in [-0.2, 0) is 26.8 Å². The average molecular weight is 630 g/mol. The Bertz CT molecular complexity index is 1480. The number of aromatic nitrogens is 2. The second-order valence-electron chi connectivity index (χ2n) is 16.4. The van der Waals surface area contributed by atoms with Gasteiger partial charge in [-0.25, -0.2) is 0 Å². The maximum atomic E-state index is 14.1. The van der Waals surface area contributed by atoms with E-state index in [1.54, 1.807) is 24.0 Å². The number of carbonyl (C=O) groups excluding carboxylic acids is 3. The van der Waals surface area contributed by atoms with Gasteiger partial charge < -0.3 is 20.7 Å². The Labute approximate surface area is 273 Å². The lowest BCUT2D eigenvalue weighted by atomic mass is 9.51. The second kappa shape index (κ2) is 11.5. The van der Waals surface area contributed by atoms with Gasteiger partial charge in [0.25, 0.3) is 5.91 Å². The SMILES string of the molecule is Cn1nccc1C(=O)N[C@H](C(=O)Nc1ccc(C(C)(C(=O)NCC2(C)CCC2)C2CC3(COC3)C2)cc1)C(C1CCC1)C1(C)CC1. The van der Waals surface area contributed by atoms with E-state index in [2.05, 4.69) is 41.8 Å². The summed E-state index contributed by atoms with van der Waals surface area (Å²) in [7, 11) is 1.74. The number of aryl methyl sites for hydroxylation is 1. The molecule has 9 nitrogen and oxygen atoms in total. The average Bonchev–Trinajstić information content (AvgIpc) is 3.54. The molecule has 4 aliphatic carbocycles. The van der Waals surface area contributed by atoms with Gasteiger partial charge in [0.1, 0.15) is 11.7 Å². The normalized spacial score (nSPS) is 25.0. The summed E-state index contributed by atoms with van der Waals surface area (Å²) in [6, 6.07) is 8.89. The third kappa shape index (κ3) is 5.56. The molecule has 46 heavy (non-hydrogen) atoms. The van der Waals surface area contributed by atoms with Crippen LogP contribution in [0.3, 0.4) is 0 Å². The first-order valence-electron chi connectivity index (χ1n) is 17.5. The number of hydrogen-bond acceptors (Lipinski definition) is 5. The van der Waals surface area contributed by atoms with E-state index in [9.17, 15) is 14.4 Å². The van der Waals surface area contributed by atoms with Gasteiger partial charge in [0.2, 0.25) is 11.8 Å². The maximum Gasteiger partial charge on any atom is 0.270 e. The van der Waals surface area contributed by atoms with Crippen molar-refractivity contribution in [1.29, 1.82) is 0 Å². The highest BCUT2D eigenvalue weighted by molar-refractivity contribution is 6.01. The molecule has 0 bridgehead atoms. The lowest BCUT2D eigenvalue weighted by Gasteiger charge is -2.58. The van der Waals surface area contributed by atoms with Crippen LogP contribution in [0.15, 0.2) is 36.5 Å². The fraction of sp³-hybridized carbons (Fsp3) is 0.676. The second-order valence-corrected chi connectivity index (χ2v) is 16.4. The lowest BCUT2D eigenvalue weighted by molar-refractivity contribution is -0.192. The predicted octanol–water partition coefficient (Wildman–Crippen LogP) is 5.36. The number of benzene rings is 1. The summed E-state index contributed by atoms with van der Waals surface area (Å²) < 4.78 is 7.08. The molecule has 3 amide bonds. The Morgan fingerprint density at radius 1 is 1.02 bits per heavy atom. The molecule has 7 rings (SSSR count). The van der Waals surface area contributed by atoms with E-state index in [-0.39, 0.29) is 45.8 Å². The summed E-state index contributed by atoms with van der Waals surface area (Å²) in [6.45, 7) is 8.93. The minimum absolute atomic E-state index is 0.0496. The van der Waals surface area contributed by atoms with Crippen molar-refractivity contribution in [1.82, 2.24) is 20.4 Å². The smallest absolute Gasteiger partial charge is 0.270 e. The van der Waals surface area contributed by atoms with Crippen LogP contribution in [0, 0.1) is 34.0 Å². The van der Waals surface area contributed by atoms with E-state index in [0.717, 1.165) is 70.1 Å². The van der Waals surface area contributed by atoms with Gasteiger partial charge in [-0.15, -0.1) is 0 Å². The number of nitrogens with one attached hydrogen (secondary N) is 3. The van der Waals surface area contributed by atoms with E-state index in [1.165, 1.54) is 12.8 Å². The van der Waals surface area contributed by atoms with Crippen LogP contribution in [0.4, 0.5) is 5.69 Å². The van der Waals surface area contributed by atoms with Gasteiger partial charge >= 0.3 is 0 Å². The third-order valence-corrected chi connectivity index (χ3v) is 12.9. The summed E-state index contributed by atoms with van der Waals surface area (Å²) in [4.78, 5) is 41.5. The molecule has 0 radical (unpaired) electrons. The maximum absolute atomic E-state index is 14.1. The van der Waals surface area contributed by atoms with Gasteiger partial charge in [0, 0.05) is 30.9 Å². The lowest BCUT2D eigenvalue weighted by Crippen LogP contribution is -2.61. The molecule has 5 fully saturated rings. The Morgan fingerprint density at radius 3 is 2.22 bits per heavy atom. The van der Waals surface area contributed by atoms with Gasteiger partial charge in [-0.2, -0.15) is 5.10 Å². The summed E-state index contributed by atoms with van der Waals surface area (Å²) >= 11 is 0. The van der Waals surface area contributed by atoms with Crippen LogP contribution in [0.5, 0.6) is 0 Å². The minimum atomic E-state index is -0.668. The van der Waals surface area contributed by atoms with Crippen LogP contribution in [0.2, 0.25) is 0 Å². The van der Waals surface area contributed by atoms with Gasteiger partial charge in [-0.1, -0.05) is 51.7 Å². The predicted molar refractivity (Wildman–Crippen MR) is 176 cm³/mol. The van der Waals surface area contributed by atoms with E-state index in [1.807, 2.05) is 24.3 Å². The number of hydrogen-bond donors (Lipinski definition) is 3. The molecule has 1 saturated heterocycles. The molecule has 1 aromatic heterocycles. The molecule has 1 spiro atoms. The summed E-state index contributed by atoms with van der Waals surface area (Å²) in [6.07, 6.45) is 12.6. The largest absolute Gasteiger partial charge is 0.380 e. The number of nitrogens with zero attached hydrogens (tertiary/aromatic N) is 2. The van der Waals surface area contributed by atoms with Crippen molar-refractivity contribution in [2.75, 3.05) is 25.1 Å². The fourth-order valence-corrected chi connectivity index (χ4v) is 8.83. The molecule has 2 aromatic rings. The molecule has 4 saturated carbocycles. The molecule has 2 heterocycles. The highest BCUT2D eigenvalue weighted by atomic mass is 16.5. The molecule has 3 N–H and O–H groups in total. The summed E-state index contributed by atoms with van der Waals surface area (Å²) in [5.41, 5.74) is 1.90. The Balaban J connectivity index is 1.10. The zero-order valence-electron chi connectivity index (χ0n) is 28.0. The van der Waals surface area contributed by atoms with E-state index >= 15 is 0 Å². The van der Waals surface area contributed by atoms with Crippen molar-refractivity contribution < 1.29 is 19.1 Å². The number of anilines is 1. The molecular weight excluding hydrogens is 578 g/mol. The van der Waals surface area contributed by atoms with Crippen LogP contribution in [-0.4, -0.2) is 53.3 Å². The van der Waals surface area contributed by atoms with Gasteiger partial charge in [-0.05, 0) is 97.8 Å². The van der Waals surface area contributed by atoms with Crippen molar-refractivity contribution in [3.8, 4) is 0 Å².